The molecular weight excluding hydrogens is 458 g/mol. The van der Waals surface area contributed by atoms with Crippen molar-refractivity contribution < 1.29 is 23.9 Å². The summed E-state index contributed by atoms with van der Waals surface area (Å²) in [5.74, 6) is -1.16. The third-order valence-electron chi connectivity index (χ3n) is 7.73. The first-order chi connectivity index (χ1) is 17.2. The number of esters is 1. The predicted octanol–water partition coefficient (Wildman–Crippen LogP) is 3.09. The molecule has 0 radical (unpaired) electrons. The maximum absolute atomic E-state index is 14.5. The minimum Gasteiger partial charge on any atom is -0.465 e. The molecule has 190 valence electrons. The van der Waals surface area contributed by atoms with Gasteiger partial charge >= 0.3 is 5.97 Å². The standard InChI is InChI=1S/C28H33N3O5/c1-5-35-21(32)17-29-24(34)28-23(26(2,3)4)36-25-27(28,19-13-9-10-14-20(19)30-25)15-16-31(28)22(33)18-11-7-6-8-12-18/h6-14,23,25,30H,5,15-17H2,1-4H3,(H,29,34)/t23-,25+,27+,28-/m1/s1. The normalized spacial score (nSPS) is 28.1. The molecule has 8 heteroatoms. The van der Waals surface area contributed by atoms with E-state index < -0.39 is 40.6 Å². The smallest absolute Gasteiger partial charge is 0.325 e. The monoisotopic (exact) mass is 491 g/mol. The first kappa shape index (κ1) is 24.3. The van der Waals surface area contributed by atoms with Gasteiger partial charge in [0.25, 0.3) is 5.91 Å². The highest BCUT2D eigenvalue weighted by molar-refractivity contribution is 6.03. The number of carbonyl (C=O) groups excluding carboxylic acids is 3. The van der Waals surface area contributed by atoms with Crippen LogP contribution in [0.1, 0.15) is 50.0 Å². The van der Waals surface area contributed by atoms with E-state index in [1.165, 1.54) is 0 Å². The number of carbonyl (C=O) groups is 3. The number of benzene rings is 2. The van der Waals surface area contributed by atoms with Crippen LogP contribution >= 0.6 is 0 Å². The Hall–Kier alpha value is -3.39. The van der Waals surface area contributed by atoms with E-state index in [0.717, 1.165) is 11.3 Å². The number of hydrogen-bond donors (Lipinski definition) is 2. The fourth-order valence-electron chi connectivity index (χ4n) is 6.50. The van der Waals surface area contributed by atoms with Gasteiger partial charge in [-0.25, -0.2) is 0 Å². The second kappa shape index (κ2) is 8.62. The number of rotatable bonds is 5. The number of fused-ring (bicyclic) bond motifs is 1. The summed E-state index contributed by atoms with van der Waals surface area (Å²) < 4.78 is 11.8. The molecule has 0 bridgehead atoms. The fourth-order valence-corrected chi connectivity index (χ4v) is 6.50. The van der Waals surface area contributed by atoms with Crippen LogP contribution in [0.4, 0.5) is 5.69 Å². The molecule has 2 amide bonds. The summed E-state index contributed by atoms with van der Waals surface area (Å²) in [5, 5.41) is 6.33. The predicted molar refractivity (Wildman–Crippen MR) is 134 cm³/mol. The topological polar surface area (TPSA) is 97.0 Å². The first-order valence-corrected chi connectivity index (χ1v) is 12.5. The molecule has 3 heterocycles. The van der Waals surface area contributed by atoms with Crippen molar-refractivity contribution in [3.05, 3.63) is 65.7 Å². The average Bonchev–Trinajstić information content (AvgIpc) is 3.46. The van der Waals surface area contributed by atoms with Gasteiger partial charge in [0.15, 0.2) is 5.54 Å². The zero-order chi connectivity index (χ0) is 25.7. The van der Waals surface area contributed by atoms with Crippen molar-refractivity contribution in [1.82, 2.24) is 10.2 Å². The molecule has 4 atom stereocenters. The third kappa shape index (κ3) is 3.27. The van der Waals surface area contributed by atoms with Crippen molar-refractivity contribution in [1.29, 1.82) is 0 Å². The summed E-state index contributed by atoms with van der Waals surface area (Å²) in [5.41, 5.74) is -0.376. The van der Waals surface area contributed by atoms with Gasteiger partial charge in [-0.3, -0.25) is 14.4 Å². The number of hydrogen-bond acceptors (Lipinski definition) is 6. The highest BCUT2D eigenvalue weighted by atomic mass is 16.5. The number of amides is 2. The molecule has 8 nitrogen and oxygen atoms in total. The summed E-state index contributed by atoms with van der Waals surface area (Å²) in [4.78, 5) is 42.5. The van der Waals surface area contributed by atoms with E-state index in [1.807, 2.05) is 63.2 Å². The quantitative estimate of drug-likeness (QED) is 0.624. The Morgan fingerprint density at radius 3 is 2.50 bits per heavy atom. The van der Waals surface area contributed by atoms with E-state index in [4.69, 9.17) is 9.47 Å². The molecule has 2 fully saturated rings. The summed E-state index contributed by atoms with van der Waals surface area (Å²) in [7, 11) is 0. The Morgan fingerprint density at radius 2 is 1.81 bits per heavy atom. The van der Waals surface area contributed by atoms with Crippen LogP contribution in [0.2, 0.25) is 0 Å². The SMILES string of the molecule is CCOC(=O)CNC(=O)[C@]12[C@@H](C(C)(C)C)O[C@@H]3Nc4ccccc4[C@@]31CCN2C(=O)c1ccccc1. The second-order valence-electron chi connectivity index (χ2n) is 10.8. The molecule has 2 N–H and O–H groups in total. The van der Waals surface area contributed by atoms with Gasteiger partial charge in [-0.15, -0.1) is 0 Å². The minimum atomic E-state index is -1.39. The zero-order valence-electron chi connectivity index (χ0n) is 21.2. The lowest BCUT2D eigenvalue weighted by Crippen LogP contribution is -2.71. The molecule has 2 saturated heterocycles. The maximum Gasteiger partial charge on any atom is 0.325 e. The lowest BCUT2D eigenvalue weighted by Gasteiger charge is -2.48. The molecule has 0 saturated carbocycles. The molecule has 5 rings (SSSR count). The maximum atomic E-state index is 14.5. The Balaban J connectivity index is 1.71. The molecule has 3 aliphatic heterocycles. The van der Waals surface area contributed by atoms with Crippen molar-refractivity contribution in [2.75, 3.05) is 25.0 Å². The van der Waals surface area contributed by atoms with Crippen LogP contribution in [-0.2, 0) is 24.5 Å². The van der Waals surface area contributed by atoms with Crippen molar-refractivity contribution in [3.63, 3.8) is 0 Å². The summed E-state index contributed by atoms with van der Waals surface area (Å²) in [6, 6.07) is 16.9. The van der Waals surface area contributed by atoms with Gasteiger partial charge in [-0.2, -0.15) is 0 Å². The van der Waals surface area contributed by atoms with Crippen LogP contribution in [0.15, 0.2) is 54.6 Å². The van der Waals surface area contributed by atoms with Gasteiger partial charge in [-0.05, 0) is 42.5 Å². The molecule has 1 spiro atoms. The van der Waals surface area contributed by atoms with Crippen LogP contribution in [0.25, 0.3) is 0 Å². The lowest BCUT2D eigenvalue weighted by molar-refractivity contribution is -0.147. The van der Waals surface area contributed by atoms with Crippen LogP contribution in [0.5, 0.6) is 0 Å². The van der Waals surface area contributed by atoms with E-state index in [-0.39, 0.29) is 19.1 Å². The summed E-state index contributed by atoms with van der Waals surface area (Å²) in [6.07, 6.45) is -0.603. The van der Waals surface area contributed by atoms with Crippen LogP contribution in [-0.4, -0.2) is 60.3 Å². The number of nitrogens with one attached hydrogen (secondary N) is 2. The molecule has 36 heavy (non-hydrogen) atoms. The molecule has 3 aliphatic rings. The highest BCUT2D eigenvalue weighted by Gasteiger charge is 2.80. The largest absolute Gasteiger partial charge is 0.465 e. The molecule has 0 unspecified atom stereocenters. The van der Waals surface area contributed by atoms with E-state index >= 15 is 0 Å². The number of ether oxygens (including phenoxy) is 2. The van der Waals surface area contributed by atoms with Crippen LogP contribution in [0.3, 0.4) is 0 Å². The van der Waals surface area contributed by atoms with E-state index in [9.17, 15) is 14.4 Å². The lowest BCUT2D eigenvalue weighted by atomic mass is 9.60. The van der Waals surface area contributed by atoms with Gasteiger partial charge in [0, 0.05) is 17.8 Å². The Labute approximate surface area is 211 Å². The number of likely N-dealkylation sites (tertiary alicyclic amines) is 1. The van der Waals surface area contributed by atoms with Crippen LogP contribution < -0.4 is 10.6 Å². The Bertz CT molecular complexity index is 1190. The average molecular weight is 492 g/mol. The first-order valence-electron chi connectivity index (χ1n) is 12.5. The van der Waals surface area contributed by atoms with Crippen LogP contribution in [0, 0.1) is 5.41 Å². The van der Waals surface area contributed by atoms with E-state index in [1.54, 1.807) is 24.0 Å². The Kier molecular flexibility index (Phi) is 5.82. The van der Waals surface area contributed by atoms with Gasteiger partial charge in [-0.1, -0.05) is 57.2 Å². The number of para-hydroxylation sites is 1. The summed E-state index contributed by atoms with van der Waals surface area (Å²) >= 11 is 0. The van der Waals surface area contributed by atoms with Crippen molar-refractivity contribution >= 4 is 23.5 Å². The summed E-state index contributed by atoms with van der Waals surface area (Å²) in [6.45, 7) is 8.08. The van der Waals surface area contributed by atoms with Gasteiger partial charge in [0.05, 0.1) is 18.1 Å². The van der Waals surface area contributed by atoms with E-state index in [0.29, 0.717) is 18.5 Å². The third-order valence-corrected chi connectivity index (χ3v) is 7.73. The molecule has 2 aromatic rings. The number of anilines is 1. The second-order valence-corrected chi connectivity index (χ2v) is 10.8. The number of nitrogens with zero attached hydrogens (tertiary/aromatic N) is 1. The highest BCUT2D eigenvalue weighted by Crippen LogP contribution is 2.64. The van der Waals surface area contributed by atoms with Crippen molar-refractivity contribution in [2.45, 2.75) is 57.4 Å². The van der Waals surface area contributed by atoms with E-state index in [2.05, 4.69) is 10.6 Å². The van der Waals surface area contributed by atoms with Gasteiger partial charge < -0.3 is 25.0 Å². The van der Waals surface area contributed by atoms with Gasteiger partial charge in [0.1, 0.15) is 12.8 Å². The molecule has 2 aromatic carbocycles. The van der Waals surface area contributed by atoms with Crippen molar-refractivity contribution in [3.8, 4) is 0 Å². The fraction of sp³-hybridized carbons (Fsp3) is 0.464. The molecule has 0 aliphatic carbocycles. The molecule has 0 aromatic heterocycles. The Morgan fingerprint density at radius 1 is 1.11 bits per heavy atom. The molecular formula is C28H33N3O5. The zero-order valence-corrected chi connectivity index (χ0v) is 21.2. The minimum absolute atomic E-state index is 0.218. The van der Waals surface area contributed by atoms with Gasteiger partial charge in [0.2, 0.25) is 5.91 Å². The van der Waals surface area contributed by atoms with Crippen molar-refractivity contribution in [2.24, 2.45) is 5.41 Å².